The number of amides is 1. The van der Waals surface area contributed by atoms with E-state index in [0.29, 0.717) is 12.3 Å². The van der Waals surface area contributed by atoms with Crippen molar-refractivity contribution in [2.45, 2.75) is 26.8 Å². The highest BCUT2D eigenvalue weighted by Crippen LogP contribution is 1.97. The summed E-state index contributed by atoms with van der Waals surface area (Å²) in [5.74, 6) is 0.635. The third-order valence-electron chi connectivity index (χ3n) is 2.41. The highest BCUT2D eigenvalue weighted by molar-refractivity contribution is 5.76. The number of nitrogens with one attached hydrogen (secondary N) is 2. The molecule has 0 bridgehead atoms. The molecule has 1 rings (SSSR count). The van der Waals surface area contributed by atoms with Gasteiger partial charge in [-0.05, 0) is 11.5 Å². The zero-order valence-corrected chi connectivity index (χ0v) is 10.7. The van der Waals surface area contributed by atoms with Crippen LogP contribution in [0.3, 0.4) is 0 Å². The average Bonchev–Trinajstić information content (AvgIpc) is 2.33. The summed E-state index contributed by atoms with van der Waals surface area (Å²) < 4.78 is 0. The lowest BCUT2D eigenvalue weighted by Crippen LogP contribution is -2.30. The number of hydrogen-bond donors (Lipinski definition) is 2. The van der Waals surface area contributed by atoms with E-state index in [1.165, 1.54) is 5.56 Å². The van der Waals surface area contributed by atoms with Crippen molar-refractivity contribution in [2.75, 3.05) is 13.1 Å². The first-order valence-electron chi connectivity index (χ1n) is 6.20. The van der Waals surface area contributed by atoms with Crippen LogP contribution in [0.1, 0.15) is 25.8 Å². The number of rotatable bonds is 7. The van der Waals surface area contributed by atoms with Gasteiger partial charge in [-0.3, -0.25) is 4.79 Å². The van der Waals surface area contributed by atoms with Crippen LogP contribution in [-0.4, -0.2) is 19.0 Å². The molecular formula is C14H22N2O. The fraction of sp³-hybridized carbons (Fsp3) is 0.500. The molecule has 0 atom stereocenters. The average molecular weight is 234 g/mol. The second-order valence-electron chi connectivity index (χ2n) is 4.61. The Hall–Kier alpha value is -1.35. The number of hydrogen-bond acceptors (Lipinski definition) is 2. The van der Waals surface area contributed by atoms with Crippen LogP contribution in [0.4, 0.5) is 0 Å². The Balaban J connectivity index is 2.06. The van der Waals surface area contributed by atoms with Gasteiger partial charge < -0.3 is 10.6 Å². The molecule has 0 spiro atoms. The highest BCUT2D eigenvalue weighted by atomic mass is 16.1. The van der Waals surface area contributed by atoms with Crippen LogP contribution in [0.5, 0.6) is 0 Å². The molecule has 0 fully saturated rings. The van der Waals surface area contributed by atoms with E-state index in [0.717, 1.165) is 19.6 Å². The fourth-order valence-electron chi connectivity index (χ4n) is 1.44. The zero-order chi connectivity index (χ0) is 12.5. The summed E-state index contributed by atoms with van der Waals surface area (Å²) >= 11 is 0. The lowest BCUT2D eigenvalue weighted by Gasteiger charge is -2.08. The van der Waals surface area contributed by atoms with Crippen molar-refractivity contribution in [3.63, 3.8) is 0 Å². The van der Waals surface area contributed by atoms with Crippen LogP contribution in [0.15, 0.2) is 30.3 Å². The fourth-order valence-corrected chi connectivity index (χ4v) is 1.44. The molecule has 1 amide bonds. The van der Waals surface area contributed by atoms with Gasteiger partial charge in [0.25, 0.3) is 0 Å². The van der Waals surface area contributed by atoms with Gasteiger partial charge in [0.2, 0.25) is 5.91 Å². The number of benzene rings is 1. The van der Waals surface area contributed by atoms with E-state index in [9.17, 15) is 4.79 Å². The maximum Gasteiger partial charge on any atom is 0.221 e. The van der Waals surface area contributed by atoms with Crippen LogP contribution in [-0.2, 0) is 11.3 Å². The van der Waals surface area contributed by atoms with E-state index in [-0.39, 0.29) is 5.91 Å². The smallest absolute Gasteiger partial charge is 0.221 e. The molecule has 0 heterocycles. The van der Waals surface area contributed by atoms with Gasteiger partial charge in [0.15, 0.2) is 0 Å². The van der Waals surface area contributed by atoms with Gasteiger partial charge >= 0.3 is 0 Å². The third kappa shape index (κ3) is 6.74. The monoisotopic (exact) mass is 234 g/mol. The molecule has 2 N–H and O–H groups in total. The van der Waals surface area contributed by atoms with E-state index in [1.807, 2.05) is 18.2 Å². The van der Waals surface area contributed by atoms with Gasteiger partial charge in [-0.25, -0.2) is 0 Å². The molecular weight excluding hydrogens is 212 g/mol. The number of carbonyl (C=O) groups excluding carboxylic acids is 1. The second kappa shape index (κ2) is 7.85. The predicted octanol–water partition coefficient (Wildman–Crippen LogP) is 1.94. The van der Waals surface area contributed by atoms with Crippen molar-refractivity contribution in [3.8, 4) is 0 Å². The Morgan fingerprint density at radius 2 is 1.94 bits per heavy atom. The van der Waals surface area contributed by atoms with Gasteiger partial charge in [-0.2, -0.15) is 0 Å². The first-order valence-corrected chi connectivity index (χ1v) is 6.20. The van der Waals surface area contributed by atoms with E-state index in [1.54, 1.807) is 0 Å². The minimum Gasteiger partial charge on any atom is -0.356 e. The van der Waals surface area contributed by atoms with Crippen LogP contribution in [0.2, 0.25) is 0 Å². The molecule has 0 saturated heterocycles. The summed E-state index contributed by atoms with van der Waals surface area (Å²) in [6.07, 6.45) is 0.541. The van der Waals surface area contributed by atoms with Gasteiger partial charge in [0.05, 0.1) is 0 Å². The largest absolute Gasteiger partial charge is 0.356 e. The molecule has 0 unspecified atom stereocenters. The maximum absolute atomic E-state index is 11.4. The van der Waals surface area contributed by atoms with Crippen molar-refractivity contribution in [2.24, 2.45) is 5.92 Å². The van der Waals surface area contributed by atoms with E-state index < -0.39 is 0 Å². The lowest BCUT2D eigenvalue weighted by atomic mass is 10.2. The van der Waals surface area contributed by atoms with Gasteiger partial charge in [0.1, 0.15) is 0 Å². The van der Waals surface area contributed by atoms with Crippen molar-refractivity contribution < 1.29 is 4.79 Å². The summed E-state index contributed by atoms with van der Waals surface area (Å²) in [5.41, 5.74) is 1.25. The van der Waals surface area contributed by atoms with Gasteiger partial charge in [0, 0.05) is 26.1 Å². The molecule has 1 aromatic rings. The van der Waals surface area contributed by atoms with Crippen LogP contribution >= 0.6 is 0 Å². The van der Waals surface area contributed by atoms with Crippen LogP contribution < -0.4 is 10.6 Å². The Labute approximate surface area is 104 Å². The van der Waals surface area contributed by atoms with Crippen LogP contribution in [0, 0.1) is 5.92 Å². The molecule has 0 saturated carbocycles. The molecule has 94 valence electrons. The Bertz CT molecular complexity index is 322. The summed E-state index contributed by atoms with van der Waals surface area (Å²) in [5, 5.41) is 6.16. The van der Waals surface area contributed by atoms with Crippen molar-refractivity contribution >= 4 is 5.91 Å². The number of carbonyl (C=O) groups is 1. The zero-order valence-electron chi connectivity index (χ0n) is 10.7. The van der Waals surface area contributed by atoms with Crippen molar-refractivity contribution in [1.29, 1.82) is 0 Å². The van der Waals surface area contributed by atoms with Gasteiger partial charge in [-0.15, -0.1) is 0 Å². The first kappa shape index (κ1) is 13.7. The molecule has 3 heteroatoms. The Morgan fingerprint density at radius 3 is 2.59 bits per heavy atom. The van der Waals surface area contributed by atoms with Crippen molar-refractivity contribution in [1.82, 2.24) is 10.6 Å². The molecule has 1 aromatic carbocycles. The molecule has 17 heavy (non-hydrogen) atoms. The summed E-state index contributed by atoms with van der Waals surface area (Å²) in [4.78, 5) is 11.4. The minimum absolute atomic E-state index is 0.124. The molecule has 0 aliphatic rings. The standard InChI is InChI=1S/C14H22N2O/c1-12(2)10-16-14(17)8-9-15-11-13-6-4-3-5-7-13/h3-7,12,15H,8-11H2,1-2H3,(H,16,17). The summed E-state index contributed by atoms with van der Waals surface area (Å²) in [6, 6.07) is 10.2. The summed E-state index contributed by atoms with van der Waals surface area (Å²) in [7, 11) is 0. The Morgan fingerprint density at radius 1 is 1.24 bits per heavy atom. The van der Waals surface area contributed by atoms with E-state index in [2.05, 4.69) is 36.6 Å². The molecule has 0 aliphatic heterocycles. The minimum atomic E-state index is 0.124. The second-order valence-corrected chi connectivity index (χ2v) is 4.61. The maximum atomic E-state index is 11.4. The molecule has 0 aromatic heterocycles. The highest BCUT2D eigenvalue weighted by Gasteiger charge is 2.01. The lowest BCUT2D eigenvalue weighted by molar-refractivity contribution is -0.121. The summed E-state index contributed by atoms with van der Waals surface area (Å²) in [6.45, 7) is 6.48. The Kier molecular flexibility index (Phi) is 6.33. The van der Waals surface area contributed by atoms with E-state index >= 15 is 0 Å². The van der Waals surface area contributed by atoms with Crippen molar-refractivity contribution in [3.05, 3.63) is 35.9 Å². The normalized spacial score (nSPS) is 10.5. The third-order valence-corrected chi connectivity index (χ3v) is 2.41. The SMILES string of the molecule is CC(C)CNC(=O)CCNCc1ccccc1. The molecule has 0 radical (unpaired) electrons. The predicted molar refractivity (Wildman–Crippen MR) is 70.6 cm³/mol. The molecule has 3 nitrogen and oxygen atoms in total. The first-order chi connectivity index (χ1) is 8.18. The van der Waals surface area contributed by atoms with E-state index in [4.69, 9.17) is 0 Å². The van der Waals surface area contributed by atoms with Crippen LogP contribution in [0.25, 0.3) is 0 Å². The topological polar surface area (TPSA) is 41.1 Å². The quantitative estimate of drug-likeness (QED) is 0.708. The molecule has 0 aliphatic carbocycles. The van der Waals surface area contributed by atoms with Gasteiger partial charge in [-0.1, -0.05) is 44.2 Å².